The van der Waals surface area contributed by atoms with Crippen LogP contribution >= 0.6 is 0 Å². The summed E-state index contributed by atoms with van der Waals surface area (Å²) in [5, 5.41) is 24.4. The average molecular weight is 435 g/mol. The van der Waals surface area contributed by atoms with Crippen molar-refractivity contribution < 1.29 is 24.6 Å². The van der Waals surface area contributed by atoms with Crippen LogP contribution in [0.4, 0.5) is 0 Å². The van der Waals surface area contributed by atoms with Crippen LogP contribution < -0.4 is 10.6 Å². The van der Waals surface area contributed by atoms with Crippen LogP contribution in [0.25, 0.3) is 0 Å². The molecule has 0 radical (unpaired) electrons. The summed E-state index contributed by atoms with van der Waals surface area (Å²) in [5.74, 6) is -2.18. The number of carbonyl (C=O) groups is 3. The van der Waals surface area contributed by atoms with Crippen LogP contribution in [-0.2, 0) is 16.0 Å². The standard InChI is InChI=1S/C24H25N3O5/c28-19-8-6-16(7-9-19)15-21(24(31)32)27-23(30)20(14-17-10-12-25-13-11-17)26-22(29)18-4-2-1-3-5-18/h1-6,8-13,16,20-21,28H,7,14-15H2,(H,26,29)(H,27,30)(H,31,32)/t16?,20-,21-/m0/s1. The van der Waals surface area contributed by atoms with Crippen molar-refractivity contribution >= 4 is 17.8 Å². The van der Waals surface area contributed by atoms with Gasteiger partial charge in [0.15, 0.2) is 0 Å². The summed E-state index contributed by atoms with van der Waals surface area (Å²) in [6.07, 6.45) is 8.84. The molecule has 3 rings (SSSR count). The number of nitrogens with one attached hydrogen (secondary N) is 2. The van der Waals surface area contributed by atoms with Gasteiger partial charge in [0.2, 0.25) is 5.91 Å². The van der Waals surface area contributed by atoms with E-state index in [0.29, 0.717) is 12.0 Å². The molecule has 1 aromatic heterocycles. The summed E-state index contributed by atoms with van der Waals surface area (Å²) in [6, 6.07) is 9.84. The lowest BCUT2D eigenvalue weighted by Gasteiger charge is -2.24. The van der Waals surface area contributed by atoms with Crippen molar-refractivity contribution in [3.8, 4) is 0 Å². The molecule has 1 aliphatic carbocycles. The topological polar surface area (TPSA) is 129 Å². The van der Waals surface area contributed by atoms with Crippen LogP contribution in [0, 0.1) is 5.92 Å². The van der Waals surface area contributed by atoms with E-state index in [-0.39, 0.29) is 24.5 Å². The third kappa shape index (κ3) is 6.53. The third-order valence-electron chi connectivity index (χ3n) is 5.17. The summed E-state index contributed by atoms with van der Waals surface area (Å²) < 4.78 is 0. The Morgan fingerprint density at radius 1 is 1.03 bits per heavy atom. The number of benzene rings is 1. The Hall–Kier alpha value is -3.94. The van der Waals surface area contributed by atoms with Crippen molar-refractivity contribution in [1.82, 2.24) is 15.6 Å². The number of carboxylic acid groups (broad SMARTS) is 1. The highest BCUT2D eigenvalue weighted by Crippen LogP contribution is 2.20. The molecular formula is C24H25N3O5. The maximum atomic E-state index is 13.0. The molecule has 1 aromatic carbocycles. The largest absolute Gasteiger partial charge is 0.508 e. The Morgan fingerprint density at radius 2 is 1.75 bits per heavy atom. The predicted molar refractivity (Wildman–Crippen MR) is 118 cm³/mol. The third-order valence-corrected chi connectivity index (χ3v) is 5.17. The van der Waals surface area contributed by atoms with Crippen molar-refractivity contribution in [3.05, 3.63) is 90.0 Å². The van der Waals surface area contributed by atoms with Crippen LogP contribution in [0.2, 0.25) is 0 Å². The maximum Gasteiger partial charge on any atom is 0.326 e. The molecule has 2 aromatic rings. The zero-order chi connectivity index (χ0) is 22.9. The van der Waals surface area contributed by atoms with E-state index < -0.39 is 29.9 Å². The number of allylic oxidation sites excluding steroid dienone is 3. The summed E-state index contributed by atoms with van der Waals surface area (Å²) in [7, 11) is 0. The van der Waals surface area contributed by atoms with Gasteiger partial charge in [-0.05, 0) is 60.7 Å². The van der Waals surface area contributed by atoms with Crippen LogP contribution in [0.3, 0.4) is 0 Å². The molecule has 0 saturated heterocycles. The Bertz CT molecular complexity index is 1000. The van der Waals surface area contributed by atoms with Crippen LogP contribution in [-0.4, -0.2) is 45.1 Å². The highest BCUT2D eigenvalue weighted by molar-refractivity contribution is 5.98. The first-order chi connectivity index (χ1) is 15.4. The summed E-state index contributed by atoms with van der Waals surface area (Å²) >= 11 is 0. The number of hydrogen-bond donors (Lipinski definition) is 4. The minimum absolute atomic E-state index is 0.134. The summed E-state index contributed by atoms with van der Waals surface area (Å²) in [4.78, 5) is 41.5. The molecule has 1 unspecified atom stereocenters. The number of hydrogen-bond acceptors (Lipinski definition) is 5. The van der Waals surface area contributed by atoms with Gasteiger partial charge < -0.3 is 20.8 Å². The molecular weight excluding hydrogens is 410 g/mol. The average Bonchev–Trinajstić information content (AvgIpc) is 2.80. The Morgan fingerprint density at radius 3 is 2.38 bits per heavy atom. The zero-order valence-electron chi connectivity index (χ0n) is 17.3. The van der Waals surface area contributed by atoms with Gasteiger partial charge in [-0.1, -0.05) is 24.3 Å². The highest BCUT2D eigenvalue weighted by atomic mass is 16.4. The number of nitrogens with zero attached hydrogens (tertiary/aromatic N) is 1. The van der Waals surface area contributed by atoms with E-state index in [1.54, 1.807) is 67.0 Å². The number of pyridine rings is 1. The van der Waals surface area contributed by atoms with Crippen molar-refractivity contribution in [3.63, 3.8) is 0 Å². The van der Waals surface area contributed by atoms with Crippen molar-refractivity contribution in [2.75, 3.05) is 0 Å². The molecule has 8 heteroatoms. The quantitative estimate of drug-likeness (QED) is 0.479. The second kappa shape index (κ2) is 10.9. The zero-order valence-corrected chi connectivity index (χ0v) is 17.3. The fraction of sp³-hybridized carbons (Fsp3) is 0.250. The molecule has 3 atom stereocenters. The van der Waals surface area contributed by atoms with Gasteiger partial charge in [-0.25, -0.2) is 4.79 Å². The summed E-state index contributed by atoms with van der Waals surface area (Å²) in [5.41, 5.74) is 1.17. The van der Waals surface area contributed by atoms with E-state index in [1.807, 2.05) is 0 Å². The minimum Gasteiger partial charge on any atom is -0.508 e. The lowest BCUT2D eigenvalue weighted by Crippen LogP contribution is -2.52. The Kier molecular flexibility index (Phi) is 7.75. The van der Waals surface area contributed by atoms with E-state index in [9.17, 15) is 24.6 Å². The van der Waals surface area contributed by atoms with Crippen LogP contribution in [0.1, 0.15) is 28.8 Å². The van der Waals surface area contributed by atoms with Crippen LogP contribution in [0.15, 0.2) is 78.8 Å². The lowest BCUT2D eigenvalue weighted by molar-refractivity contribution is -0.142. The van der Waals surface area contributed by atoms with E-state index in [0.717, 1.165) is 5.56 Å². The molecule has 0 saturated carbocycles. The van der Waals surface area contributed by atoms with Gasteiger partial charge in [0, 0.05) is 24.4 Å². The smallest absolute Gasteiger partial charge is 0.326 e. The Labute approximate surface area is 185 Å². The number of carboxylic acids is 1. The van der Waals surface area contributed by atoms with Crippen LogP contribution in [0.5, 0.6) is 0 Å². The van der Waals surface area contributed by atoms with E-state index in [4.69, 9.17) is 0 Å². The van der Waals surface area contributed by atoms with Crippen molar-refractivity contribution in [1.29, 1.82) is 0 Å². The molecule has 1 heterocycles. The first kappa shape index (κ1) is 22.7. The number of aliphatic hydroxyl groups excluding tert-OH is 1. The second-order valence-corrected chi connectivity index (χ2v) is 7.57. The number of aliphatic hydroxyl groups is 1. The minimum atomic E-state index is -1.16. The molecule has 1 aliphatic rings. The fourth-order valence-corrected chi connectivity index (χ4v) is 3.42. The summed E-state index contributed by atoms with van der Waals surface area (Å²) in [6.45, 7) is 0. The SMILES string of the molecule is O=C(N[C@@H](Cc1ccncc1)C(=O)N[C@@H](CC1C=CC(O)=CC1)C(=O)O)c1ccccc1. The van der Waals surface area contributed by atoms with Gasteiger partial charge in [0.1, 0.15) is 17.8 Å². The van der Waals surface area contributed by atoms with E-state index >= 15 is 0 Å². The first-order valence-electron chi connectivity index (χ1n) is 10.3. The maximum absolute atomic E-state index is 13.0. The van der Waals surface area contributed by atoms with Gasteiger partial charge in [0.05, 0.1) is 0 Å². The molecule has 4 N–H and O–H groups in total. The van der Waals surface area contributed by atoms with E-state index in [2.05, 4.69) is 15.6 Å². The number of amides is 2. The first-order valence-corrected chi connectivity index (χ1v) is 10.3. The molecule has 0 bridgehead atoms. The fourth-order valence-electron chi connectivity index (χ4n) is 3.42. The number of rotatable bonds is 9. The Balaban J connectivity index is 1.73. The molecule has 8 nitrogen and oxygen atoms in total. The van der Waals surface area contributed by atoms with E-state index in [1.165, 1.54) is 6.08 Å². The molecule has 2 amide bonds. The number of carbonyl (C=O) groups excluding carboxylic acids is 2. The normalized spacial score (nSPS) is 17.0. The molecule has 166 valence electrons. The molecule has 0 spiro atoms. The van der Waals surface area contributed by atoms with Crippen molar-refractivity contribution in [2.45, 2.75) is 31.3 Å². The lowest BCUT2D eigenvalue weighted by atomic mass is 9.92. The molecule has 32 heavy (non-hydrogen) atoms. The van der Waals surface area contributed by atoms with Crippen molar-refractivity contribution in [2.24, 2.45) is 5.92 Å². The molecule has 0 fully saturated rings. The number of aromatic nitrogens is 1. The molecule has 0 aliphatic heterocycles. The monoisotopic (exact) mass is 435 g/mol. The van der Waals surface area contributed by atoms with Gasteiger partial charge in [-0.3, -0.25) is 14.6 Å². The predicted octanol–water partition coefficient (Wildman–Crippen LogP) is 2.40. The van der Waals surface area contributed by atoms with Gasteiger partial charge in [-0.2, -0.15) is 0 Å². The number of aliphatic carboxylic acids is 1. The van der Waals surface area contributed by atoms with Gasteiger partial charge in [0.25, 0.3) is 5.91 Å². The van der Waals surface area contributed by atoms with Gasteiger partial charge >= 0.3 is 5.97 Å². The second-order valence-electron chi connectivity index (χ2n) is 7.57. The highest BCUT2D eigenvalue weighted by Gasteiger charge is 2.29. The van der Waals surface area contributed by atoms with Gasteiger partial charge in [-0.15, -0.1) is 0 Å².